The van der Waals surface area contributed by atoms with Crippen molar-refractivity contribution in [3.8, 4) is 17.2 Å². The first-order valence-electron chi connectivity index (χ1n) is 7.55. The first-order chi connectivity index (χ1) is 11.2. The molecule has 2 N–H and O–H groups in total. The molecule has 6 nitrogen and oxygen atoms in total. The van der Waals surface area contributed by atoms with E-state index in [0.717, 1.165) is 11.5 Å². The van der Waals surface area contributed by atoms with E-state index in [1.54, 1.807) is 25.4 Å². The Hall–Kier alpha value is -2.60. The maximum absolute atomic E-state index is 11.6. The number of fused-ring (bicyclic) bond motifs is 3. The van der Waals surface area contributed by atoms with Gasteiger partial charge in [0.1, 0.15) is 29.0 Å². The van der Waals surface area contributed by atoms with Crippen LogP contribution < -0.4 is 20.1 Å². The molecule has 2 unspecified atom stereocenters. The fourth-order valence-electron chi connectivity index (χ4n) is 3.11. The van der Waals surface area contributed by atoms with Gasteiger partial charge in [-0.05, 0) is 31.3 Å². The summed E-state index contributed by atoms with van der Waals surface area (Å²) in [6.45, 7) is 0. The van der Waals surface area contributed by atoms with Crippen LogP contribution in [0.3, 0.4) is 0 Å². The lowest BCUT2D eigenvalue weighted by Crippen LogP contribution is -2.19. The molecule has 1 saturated carbocycles. The molecule has 4 rings (SSSR count). The van der Waals surface area contributed by atoms with Gasteiger partial charge in [0.2, 0.25) is 0 Å². The van der Waals surface area contributed by atoms with Gasteiger partial charge >= 0.3 is 0 Å². The molecule has 0 spiro atoms. The molecule has 2 aliphatic rings. The minimum atomic E-state index is -0.240. The smallest absolute Gasteiger partial charge is 0.269 e. The predicted octanol–water partition coefficient (Wildman–Crippen LogP) is 1.68. The van der Waals surface area contributed by atoms with Gasteiger partial charge in [-0.1, -0.05) is 0 Å². The molecule has 2 aromatic rings. The topological polar surface area (TPSA) is 72.5 Å². The Morgan fingerprint density at radius 2 is 2.04 bits per heavy atom. The van der Waals surface area contributed by atoms with Gasteiger partial charge in [0.25, 0.3) is 5.91 Å². The summed E-state index contributed by atoms with van der Waals surface area (Å²) in [5, 5.41) is 5.81. The van der Waals surface area contributed by atoms with E-state index in [1.807, 2.05) is 25.2 Å². The third-order valence-electron chi connectivity index (χ3n) is 4.32. The molecule has 1 aromatic heterocycles. The molecule has 1 aliphatic carbocycles. The van der Waals surface area contributed by atoms with Crippen LogP contribution in [-0.4, -0.2) is 37.1 Å². The average Bonchev–Trinajstić information content (AvgIpc) is 3.16. The lowest BCUT2D eigenvalue weighted by Gasteiger charge is -2.11. The molecule has 1 aromatic carbocycles. The monoisotopic (exact) mass is 311 g/mol. The SMILES string of the molecule is CNC(=O)c1cc(Oc2ccc3c(c2)C2C(O3)[C@H]2NC)ccn1. The molecule has 0 bridgehead atoms. The third kappa shape index (κ3) is 2.31. The highest BCUT2D eigenvalue weighted by Crippen LogP contribution is 2.54. The maximum Gasteiger partial charge on any atom is 0.269 e. The van der Waals surface area contributed by atoms with E-state index in [9.17, 15) is 4.79 Å². The number of ether oxygens (including phenoxy) is 2. The second-order valence-corrected chi connectivity index (χ2v) is 5.68. The Kier molecular flexibility index (Phi) is 3.20. The molecule has 0 saturated heterocycles. The highest BCUT2D eigenvalue weighted by molar-refractivity contribution is 5.92. The molecular formula is C17H17N3O3. The number of nitrogens with zero attached hydrogens (tertiary/aromatic N) is 1. The first-order valence-corrected chi connectivity index (χ1v) is 7.55. The lowest BCUT2D eigenvalue weighted by atomic mass is 10.1. The number of nitrogens with one attached hydrogen (secondary N) is 2. The zero-order valence-corrected chi connectivity index (χ0v) is 12.9. The van der Waals surface area contributed by atoms with Crippen LogP contribution in [0.25, 0.3) is 0 Å². The number of carbonyl (C=O) groups excluding carboxylic acids is 1. The third-order valence-corrected chi connectivity index (χ3v) is 4.32. The molecule has 2 heterocycles. The number of pyridine rings is 1. The van der Waals surface area contributed by atoms with E-state index in [2.05, 4.69) is 15.6 Å². The van der Waals surface area contributed by atoms with E-state index in [-0.39, 0.29) is 12.0 Å². The van der Waals surface area contributed by atoms with Crippen LogP contribution in [0, 0.1) is 0 Å². The average molecular weight is 311 g/mol. The van der Waals surface area contributed by atoms with E-state index in [4.69, 9.17) is 9.47 Å². The van der Waals surface area contributed by atoms with Crippen LogP contribution in [0.4, 0.5) is 0 Å². The van der Waals surface area contributed by atoms with Crippen LogP contribution in [0.2, 0.25) is 0 Å². The van der Waals surface area contributed by atoms with Crippen LogP contribution in [0.15, 0.2) is 36.5 Å². The Balaban J connectivity index is 1.57. The fraction of sp³-hybridized carbons (Fsp3) is 0.294. The molecule has 23 heavy (non-hydrogen) atoms. The van der Waals surface area contributed by atoms with Gasteiger partial charge in [0.15, 0.2) is 0 Å². The van der Waals surface area contributed by atoms with E-state index in [0.29, 0.717) is 23.4 Å². The number of hydrogen-bond donors (Lipinski definition) is 2. The van der Waals surface area contributed by atoms with Gasteiger partial charge in [0, 0.05) is 30.8 Å². The zero-order chi connectivity index (χ0) is 16.0. The van der Waals surface area contributed by atoms with Crippen molar-refractivity contribution in [1.29, 1.82) is 0 Å². The van der Waals surface area contributed by atoms with Crippen molar-refractivity contribution in [3.63, 3.8) is 0 Å². The normalized spacial score (nSPS) is 23.5. The van der Waals surface area contributed by atoms with Crippen molar-refractivity contribution in [1.82, 2.24) is 15.6 Å². The number of carbonyl (C=O) groups is 1. The van der Waals surface area contributed by atoms with Crippen molar-refractivity contribution in [2.75, 3.05) is 14.1 Å². The molecule has 0 radical (unpaired) electrons. The van der Waals surface area contributed by atoms with Gasteiger partial charge in [-0.15, -0.1) is 0 Å². The molecular weight excluding hydrogens is 294 g/mol. The van der Waals surface area contributed by atoms with Crippen LogP contribution in [-0.2, 0) is 0 Å². The van der Waals surface area contributed by atoms with Crippen LogP contribution in [0.1, 0.15) is 22.0 Å². The fourth-order valence-corrected chi connectivity index (χ4v) is 3.11. The van der Waals surface area contributed by atoms with Crippen LogP contribution in [0.5, 0.6) is 17.2 Å². The number of amides is 1. The molecule has 1 fully saturated rings. The summed E-state index contributed by atoms with van der Waals surface area (Å²) in [5.41, 5.74) is 1.50. The molecule has 3 atom stereocenters. The molecule has 1 aliphatic heterocycles. The summed E-state index contributed by atoms with van der Waals surface area (Å²) in [7, 11) is 3.52. The van der Waals surface area contributed by atoms with Crippen molar-refractivity contribution in [2.24, 2.45) is 0 Å². The summed E-state index contributed by atoms with van der Waals surface area (Å²) in [4.78, 5) is 15.7. The second-order valence-electron chi connectivity index (χ2n) is 5.68. The Morgan fingerprint density at radius 1 is 1.22 bits per heavy atom. The molecule has 118 valence electrons. The quantitative estimate of drug-likeness (QED) is 0.899. The predicted molar refractivity (Wildman–Crippen MR) is 84.1 cm³/mol. The Morgan fingerprint density at radius 3 is 2.83 bits per heavy atom. The maximum atomic E-state index is 11.6. The molecule has 6 heteroatoms. The number of benzene rings is 1. The largest absolute Gasteiger partial charge is 0.488 e. The van der Waals surface area contributed by atoms with Gasteiger partial charge in [0.05, 0.1) is 6.04 Å². The van der Waals surface area contributed by atoms with Gasteiger partial charge in [-0.25, -0.2) is 0 Å². The summed E-state index contributed by atoms with van der Waals surface area (Å²) in [6, 6.07) is 9.56. The lowest BCUT2D eigenvalue weighted by molar-refractivity contribution is 0.0958. The van der Waals surface area contributed by atoms with Gasteiger partial charge in [-0.3, -0.25) is 9.78 Å². The number of rotatable bonds is 4. The summed E-state index contributed by atoms with van der Waals surface area (Å²) in [5.74, 6) is 2.39. The summed E-state index contributed by atoms with van der Waals surface area (Å²) < 4.78 is 11.8. The van der Waals surface area contributed by atoms with Crippen LogP contribution >= 0.6 is 0 Å². The van der Waals surface area contributed by atoms with Gasteiger partial charge in [-0.2, -0.15) is 0 Å². The number of likely N-dealkylation sites (N-methyl/N-ethyl adjacent to an activating group) is 1. The minimum absolute atomic E-state index is 0.240. The molecule has 1 amide bonds. The Bertz CT molecular complexity index is 777. The van der Waals surface area contributed by atoms with Crippen molar-refractivity contribution < 1.29 is 14.3 Å². The zero-order valence-electron chi connectivity index (χ0n) is 12.9. The van der Waals surface area contributed by atoms with Gasteiger partial charge < -0.3 is 20.1 Å². The van der Waals surface area contributed by atoms with Crippen molar-refractivity contribution >= 4 is 5.91 Å². The van der Waals surface area contributed by atoms with E-state index < -0.39 is 0 Å². The number of hydrogen-bond acceptors (Lipinski definition) is 5. The summed E-state index contributed by atoms with van der Waals surface area (Å²) in [6.07, 6.45) is 1.80. The number of aromatic nitrogens is 1. The minimum Gasteiger partial charge on any atom is -0.488 e. The van der Waals surface area contributed by atoms with E-state index >= 15 is 0 Å². The second kappa shape index (κ2) is 5.24. The highest BCUT2D eigenvalue weighted by atomic mass is 16.5. The van der Waals surface area contributed by atoms with Crippen molar-refractivity contribution in [2.45, 2.75) is 18.1 Å². The standard InChI is InChI=1S/C17H17N3O3/c1-18-15-14-11-7-9(3-4-13(11)23-16(14)15)22-10-5-6-20-12(8-10)17(21)19-2/h3-8,14-16,18H,1-2H3,(H,19,21)/t14?,15-,16?/m0/s1. The van der Waals surface area contributed by atoms with E-state index in [1.165, 1.54) is 5.56 Å². The summed E-state index contributed by atoms with van der Waals surface area (Å²) >= 11 is 0. The highest BCUT2D eigenvalue weighted by Gasteiger charge is 2.58. The van der Waals surface area contributed by atoms with Crippen molar-refractivity contribution in [3.05, 3.63) is 47.8 Å². The first kappa shape index (κ1) is 14.0. The Labute approximate surface area is 133 Å².